The molecule has 0 radical (unpaired) electrons. The van der Waals surface area contributed by atoms with Crippen LogP contribution in [-0.4, -0.2) is 29.4 Å². The molecule has 1 aromatic rings. The summed E-state index contributed by atoms with van der Waals surface area (Å²) >= 11 is 5.66. The topological polar surface area (TPSA) is 47.0 Å². The first-order valence-corrected chi connectivity index (χ1v) is 7.01. The molecule has 0 bridgehead atoms. The molecule has 1 saturated heterocycles. The van der Waals surface area contributed by atoms with Gasteiger partial charge in [0, 0.05) is 12.6 Å². The van der Waals surface area contributed by atoms with Gasteiger partial charge in [-0.15, -0.1) is 5.10 Å². The Balaban J connectivity index is 1.54. The summed E-state index contributed by atoms with van der Waals surface area (Å²) in [7, 11) is 0. The normalized spacial score (nSPS) is 19.9. The van der Waals surface area contributed by atoms with Gasteiger partial charge in [0.15, 0.2) is 5.15 Å². The van der Waals surface area contributed by atoms with Crippen molar-refractivity contribution in [3.63, 3.8) is 0 Å². The van der Waals surface area contributed by atoms with Gasteiger partial charge in [0.05, 0.1) is 12.3 Å². The summed E-state index contributed by atoms with van der Waals surface area (Å²) < 4.78 is 5.58. The minimum atomic E-state index is 0.419. The van der Waals surface area contributed by atoms with Crippen LogP contribution in [0.15, 0.2) is 12.1 Å². The van der Waals surface area contributed by atoms with E-state index < -0.39 is 0 Å². The van der Waals surface area contributed by atoms with Crippen molar-refractivity contribution in [1.29, 1.82) is 0 Å². The maximum absolute atomic E-state index is 5.66. The molecule has 100 valence electrons. The smallest absolute Gasteiger partial charge is 0.151 e. The average Bonchev–Trinajstić information content (AvgIpc) is 2.42. The highest BCUT2D eigenvalue weighted by atomic mass is 35.5. The quantitative estimate of drug-likeness (QED) is 0.807. The van der Waals surface area contributed by atoms with E-state index in [0.29, 0.717) is 17.8 Å². The van der Waals surface area contributed by atoms with Gasteiger partial charge in [-0.2, -0.15) is 5.10 Å². The van der Waals surface area contributed by atoms with Crippen molar-refractivity contribution in [1.82, 2.24) is 15.5 Å². The summed E-state index contributed by atoms with van der Waals surface area (Å²) in [5.41, 5.74) is 0.829. The first kappa shape index (κ1) is 13.7. The maximum atomic E-state index is 5.66. The summed E-state index contributed by atoms with van der Waals surface area (Å²) in [5, 5.41) is 11.7. The molecule has 1 aliphatic rings. The Morgan fingerprint density at radius 3 is 3.00 bits per heavy atom. The Morgan fingerprint density at radius 1 is 1.33 bits per heavy atom. The Kier molecular flexibility index (Phi) is 5.84. The number of hydrogen-bond acceptors (Lipinski definition) is 4. The molecule has 0 aromatic carbocycles. The standard InChI is InChI=1S/C13H20ClN3O/c14-13-7-6-12(16-17-13)10-18-9-3-5-11-4-1-2-8-15-11/h6-7,11,15H,1-5,8-10H2/t11-/m0/s1. The van der Waals surface area contributed by atoms with Crippen LogP contribution in [0, 0.1) is 0 Å². The van der Waals surface area contributed by atoms with Gasteiger partial charge in [0.2, 0.25) is 0 Å². The molecule has 2 rings (SSSR count). The lowest BCUT2D eigenvalue weighted by atomic mass is 10.0. The molecule has 0 amide bonds. The molecule has 0 spiro atoms. The monoisotopic (exact) mass is 269 g/mol. The predicted octanol–water partition coefficient (Wildman–Crippen LogP) is 2.57. The van der Waals surface area contributed by atoms with Gasteiger partial charge in [0.1, 0.15) is 0 Å². The molecule has 1 atom stereocenters. The molecule has 0 saturated carbocycles. The fourth-order valence-electron chi connectivity index (χ4n) is 2.20. The van der Waals surface area contributed by atoms with Gasteiger partial charge < -0.3 is 10.1 Å². The van der Waals surface area contributed by atoms with Gasteiger partial charge in [-0.05, 0) is 44.4 Å². The van der Waals surface area contributed by atoms with Crippen LogP contribution in [0.1, 0.15) is 37.8 Å². The first-order valence-electron chi connectivity index (χ1n) is 6.64. The Labute approximate surface area is 113 Å². The zero-order chi connectivity index (χ0) is 12.6. The van der Waals surface area contributed by atoms with Crippen LogP contribution >= 0.6 is 11.6 Å². The minimum absolute atomic E-state index is 0.419. The lowest BCUT2D eigenvalue weighted by molar-refractivity contribution is 0.111. The van der Waals surface area contributed by atoms with Crippen LogP contribution in [0.2, 0.25) is 5.15 Å². The van der Waals surface area contributed by atoms with Gasteiger partial charge in [-0.3, -0.25) is 0 Å². The average molecular weight is 270 g/mol. The number of nitrogens with zero attached hydrogens (tertiary/aromatic N) is 2. The number of piperidine rings is 1. The predicted molar refractivity (Wildman–Crippen MR) is 71.6 cm³/mol. The number of rotatable bonds is 6. The minimum Gasteiger partial charge on any atom is -0.375 e. The molecule has 1 fully saturated rings. The van der Waals surface area contributed by atoms with Crippen molar-refractivity contribution >= 4 is 11.6 Å². The van der Waals surface area contributed by atoms with E-state index in [2.05, 4.69) is 15.5 Å². The molecule has 1 aromatic heterocycles. The second kappa shape index (κ2) is 7.67. The number of aromatic nitrogens is 2. The van der Waals surface area contributed by atoms with Gasteiger partial charge in [0.25, 0.3) is 0 Å². The van der Waals surface area contributed by atoms with E-state index in [1.54, 1.807) is 6.07 Å². The molecular weight excluding hydrogens is 250 g/mol. The van der Waals surface area contributed by atoms with Gasteiger partial charge in [-0.25, -0.2) is 0 Å². The third-order valence-electron chi connectivity index (χ3n) is 3.19. The summed E-state index contributed by atoms with van der Waals surface area (Å²) in [5.74, 6) is 0. The van der Waals surface area contributed by atoms with E-state index >= 15 is 0 Å². The lowest BCUT2D eigenvalue weighted by Gasteiger charge is -2.23. The van der Waals surface area contributed by atoms with Crippen LogP contribution in [0.3, 0.4) is 0 Å². The summed E-state index contributed by atoms with van der Waals surface area (Å²) in [4.78, 5) is 0. The van der Waals surface area contributed by atoms with Crippen LogP contribution in [0.25, 0.3) is 0 Å². The molecule has 1 N–H and O–H groups in total. The van der Waals surface area contributed by atoms with Crippen molar-refractivity contribution in [2.45, 2.75) is 44.8 Å². The number of halogens is 1. The molecule has 0 aliphatic carbocycles. The first-order chi connectivity index (χ1) is 8.84. The number of nitrogens with one attached hydrogen (secondary N) is 1. The van der Waals surface area contributed by atoms with Gasteiger partial charge in [-0.1, -0.05) is 18.0 Å². The molecule has 5 heteroatoms. The zero-order valence-corrected chi connectivity index (χ0v) is 11.3. The van der Waals surface area contributed by atoms with Crippen molar-refractivity contribution in [2.24, 2.45) is 0 Å². The van der Waals surface area contributed by atoms with Gasteiger partial charge >= 0.3 is 0 Å². The van der Waals surface area contributed by atoms with E-state index in [-0.39, 0.29) is 0 Å². The fraction of sp³-hybridized carbons (Fsp3) is 0.692. The van der Waals surface area contributed by atoms with E-state index in [0.717, 1.165) is 18.7 Å². The number of ether oxygens (including phenoxy) is 1. The van der Waals surface area contributed by atoms with E-state index in [1.807, 2.05) is 6.07 Å². The van der Waals surface area contributed by atoms with E-state index in [1.165, 1.54) is 32.2 Å². The molecule has 18 heavy (non-hydrogen) atoms. The van der Waals surface area contributed by atoms with Crippen molar-refractivity contribution in [3.05, 3.63) is 23.0 Å². The molecule has 4 nitrogen and oxygen atoms in total. The van der Waals surface area contributed by atoms with E-state index in [9.17, 15) is 0 Å². The highest BCUT2D eigenvalue weighted by Crippen LogP contribution is 2.12. The molecular formula is C13H20ClN3O. The Bertz CT molecular complexity index is 339. The summed E-state index contributed by atoms with van der Waals surface area (Å²) in [6, 6.07) is 4.27. The van der Waals surface area contributed by atoms with E-state index in [4.69, 9.17) is 16.3 Å². The number of hydrogen-bond donors (Lipinski definition) is 1. The zero-order valence-electron chi connectivity index (χ0n) is 10.6. The summed E-state index contributed by atoms with van der Waals surface area (Å²) in [6.45, 7) is 2.47. The third-order valence-corrected chi connectivity index (χ3v) is 3.39. The van der Waals surface area contributed by atoms with Crippen LogP contribution in [0.4, 0.5) is 0 Å². The Morgan fingerprint density at radius 2 is 2.28 bits per heavy atom. The second-order valence-corrected chi connectivity index (χ2v) is 5.08. The molecule has 2 heterocycles. The largest absolute Gasteiger partial charge is 0.375 e. The summed E-state index contributed by atoms with van der Waals surface area (Å²) in [6.07, 6.45) is 6.29. The maximum Gasteiger partial charge on any atom is 0.151 e. The van der Waals surface area contributed by atoms with Crippen LogP contribution in [0.5, 0.6) is 0 Å². The Hall–Kier alpha value is -0.710. The molecule has 1 aliphatic heterocycles. The van der Waals surface area contributed by atoms with Crippen LogP contribution in [-0.2, 0) is 11.3 Å². The SMILES string of the molecule is Clc1ccc(COCCC[C@@H]2CCCCN2)nn1. The third kappa shape index (κ3) is 4.88. The highest BCUT2D eigenvalue weighted by molar-refractivity contribution is 6.29. The van der Waals surface area contributed by atoms with Crippen LogP contribution < -0.4 is 5.32 Å². The van der Waals surface area contributed by atoms with Crippen molar-refractivity contribution < 1.29 is 4.74 Å². The second-order valence-electron chi connectivity index (χ2n) is 4.69. The highest BCUT2D eigenvalue weighted by Gasteiger charge is 2.11. The lowest BCUT2D eigenvalue weighted by Crippen LogP contribution is -2.33. The van der Waals surface area contributed by atoms with Crippen molar-refractivity contribution in [3.8, 4) is 0 Å². The van der Waals surface area contributed by atoms with Crippen molar-refractivity contribution in [2.75, 3.05) is 13.2 Å². The fourth-order valence-corrected chi connectivity index (χ4v) is 2.30. The molecule has 0 unspecified atom stereocenters.